The van der Waals surface area contributed by atoms with Gasteiger partial charge in [0.1, 0.15) is 11.9 Å². The Morgan fingerprint density at radius 1 is 1.44 bits per heavy atom. The van der Waals surface area contributed by atoms with Crippen molar-refractivity contribution < 1.29 is 0 Å². The van der Waals surface area contributed by atoms with E-state index in [9.17, 15) is 0 Å². The molecule has 0 radical (unpaired) electrons. The summed E-state index contributed by atoms with van der Waals surface area (Å²) < 4.78 is 3.93. The lowest BCUT2D eigenvalue weighted by molar-refractivity contribution is 0.569. The molecule has 1 N–H and O–H groups in total. The lowest BCUT2D eigenvalue weighted by Gasteiger charge is -2.14. The van der Waals surface area contributed by atoms with Crippen molar-refractivity contribution in [3.05, 3.63) is 36.2 Å². The third-order valence-corrected chi connectivity index (χ3v) is 2.67. The molecule has 0 aromatic carbocycles. The minimum absolute atomic E-state index is 0.0520. The molecule has 2 heterocycles. The standard InChI is InChI=1S/C11H17N5/c1-4-16-8-6-13-11(16)10(12-2)9-5-7-15(3)14-9/h5-8,10,12H,4H2,1-3H3. The number of aryl methyl sites for hydroxylation is 2. The van der Waals surface area contributed by atoms with Gasteiger partial charge in [-0.2, -0.15) is 5.10 Å². The minimum atomic E-state index is 0.0520. The molecule has 0 bridgehead atoms. The van der Waals surface area contributed by atoms with E-state index < -0.39 is 0 Å². The molecule has 5 nitrogen and oxygen atoms in total. The molecule has 0 aliphatic heterocycles. The SMILES string of the molecule is CCn1ccnc1C(NC)c1ccn(C)n1. The number of imidazole rings is 1. The van der Waals surface area contributed by atoms with Gasteiger partial charge in [0.15, 0.2) is 0 Å². The van der Waals surface area contributed by atoms with Crippen LogP contribution < -0.4 is 5.32 Å². The van der Waals surface area contributed by atoms with Crippen LogP contribution in [0.3, 0.4) is 0 Å². The van der Waals surface area contributed by atoms with Gasteiger partial charge in [0.2, 0.25) is 0 Å². The first kappa shape index (κ1) is 10.9. The smallest absolute Gasteiger partial charge is 0.132 e. The second-order valence-electron chi connectivity index (χ2n) is 3.71. The fourth-order valence-corrected chi connectivity index (χ4v) is 1.84. The summed E-state index contributed by atoms with van der Waals surface area (Å²) in [5, 5.41) is 7.66. The van der Waals surface area contributed by atoms with Crippen molar-refractivity contribution in [3.63, 3.8) is 0 Å². The van der Waals surface area contributed by atoms with E-state index in [1.807, 2.05) is 38.8 Å². The van der Waals surface area contributed by atoms with E-state index >= 15 is 0 Å². The lowest BCUT2D eigenvalue weighted by atomic mass is 10.2. The summed E-state index contributed by atoms with van der Waals surface area (Å²) in [7, 11) is 3.84. The van der Waals surface area contributed by atoms with Crippen molar-refractivity contribution in [1.29, 1.82) is 0 Å². The third-order valence-electron chi connectivity index (χ3n) is 2.67. The van der Waals surface area contributed by atoms with E-state index in [0.717, 1.165) is 18.1 Å². The molecule has 1 atom stereocenters. The van der Waals surface area contributed by atoms with Crippen molar-refractivity contribution in [2.75, 3.05) is 7.05 Å². The molecular formula is C11H17N5. The van der Waals surface area contributed by atoms with Gasteiger partial charge < -0.3 is 9.88 Å². The topological polar surface area (TPSA) is 47.7 Å². The first-order valence-corrected chi connectivity index (χ1v) is 5.44. The van der Waals surface area contributed by atoms with Crippen LogP contribution in [0.1, 0.15) is 24.5 Å². The van der Waals surface area contributed by atoms with E-state index in [1.165, 1.54) is 0 Å². The molecule has 86 valence electrons. The lowest BCUT2D eigenvalue weighted by Crippen LogP contribution is -2.22. The number of rotatable bonds is 4. The Kier molecular flexibility index (Phi) is 3.05. The molecule has 1 unspecified atom stereocenters. The Bertz CT molecular complexity index is 456. The van der Waals surface area contributed by atoms with Gasteiger partial charge in [0, 0.05) is 32.2 Å². The molecule has 2 aromatic heterocycles. The van der Waals surface area contributed by atoms with Gasteiger partial charge in [-0.3, -0.25) is 4.68 Å². The van der Waals surface area contributed by atoms with Gasteiger partial charge >= 0.3 is 0 Å². The van der Waals surface area contributed by atoms with Gasteiger partial charge in [0.05, 0.1) is 5.69 Å². The molecule has 0 aliphatic carbocycles. The highest BCUT2D eigenvalue weighted by Gasteiger charge is 2.18. The molecule has 0 saturated carbocycles. The predicted molar refractivity (Wildman–Crippen MR) is 62.0 cm³/mol. The molecule has 0 saturated heterocycles. The summed E-state index contributed by atoms with van der Waals surface area (Å²) in [4.78, 5) is 4.40. The van der Waals surface area contributed by atoms with Gasteiger partial charge in [-0.1, -0.05) is 0 Å². The predicted octanol–water partition coefficient (Wildman–Crippen LogP) is 0.945. The zero-order valence-corrected chi connectivity index (χ0v) is 9.88. The van der Waals surface area contributed by atoms with Crippen LogP contribution in [0.5, 0.6) is 0 Å². The van der Waals surface area contributed by atoms with Crippen molar-refractivity contribution in [3.8, 4) is 0 Å². The number of hydrogen-bond acceptors (Lipinski definition) is 3. The number of aromatic nitrogens is 4. The number of nitrogens with one attached hydrogen (secondary N) is 1. The summed E-state index contributed by atoms with van der Waals surface area (Å²) in [5.74, 6) is 1.00. The Hall–Kier alpha value is -1.62. The summed E-state index contributed by atoms with van der Waals surface area (Å²) in [6.07, 6.45) is 5.76. The van der Waals surface area contributed by atoms with E-state index in [-0.39, 0.29) is 6.04 Å². The van der Waals surface area contributed by atoms with Gasteiger partial charge in [-0.25, -0.2) is 4.98 Å². The average molecular weight is 219 g/mol. The summed E-state index contributed by atoms with van der Waals surface area (Å²) in [6.45, 7) is 3.02. The van der Waals surface area contributed by atoms with Crippen LogP contribution >= 0.6 is 0 Å². The van der Waals surface area contributed by atoms with Crippen molar-refractivity contribution in [1.82, 2.24) is 24.6 Å². The van der Waals surface area contributed by atoms with Crippen LogP contribution in [-0.4, -0.2) is 26.4 Å². The molecule has 5 heteroatoms. The van der Waals surface area contributed by atoms with Crippen LogP contribution in [0.15, 0.2) is 24.7 Å². The van der Waals surface area contributed by atoms with Crippen molar-refractivity contribution >= 4 is 0 Å². The van der Waals surface area contributed by atoms with E-state index in [0.29, 0.717) is 0 Å². The van der Waals surface area contributed by atoms with Crippen molar-refractivity contribution in [2.45, 2.75) is 19.5 Å². The molecule has 16 heavy (non-hydrogen) atoms. The van der Waals surface area contributed by atoms with E-state index in [4.69, 9.17) is 0 Å². The Balaban J connectivity index is 2.36. The summed E-state index contributed by atoms with van der Waals surface area (Å²) in [6, 6.07) is 2.06. The highest BCUT2D eigenvalue weighted by atomic mass is 15.3. The minimum Gasteiger partial charge on any atom is -0.334 e. The number of nitrogens with zero attached hydrogens (tertiary/aromatic N) is 4. The highest BCUT2D eigenvalue weighted by Crippen LogP contribution is 2.18. The Morgan fingerprint density at radius 2 is 2.25 bits per heavy atom. The maximum absolute atomic E-state index is 4.41. The molecule has 2 rings (SSSR count). The van der Waals surface area contributed by atoms with E-state index in [2.05, 4.69) is 26.9 Å². The first-order valence-electron chi connectivity index (χ1n) is 5.44. The Labute approximate surface area is 95.1 Å². The van der Waals surface area contributed by atoms with Crippen LogP contribution in [0.4, 0.5) is 0 Å². The van der Waals surface area contributed by atoms with E-state index in [1.54, 1.807) is 4.68 Å². The van der Waals surface area contributed by atoms with Gasteiger partial charge in [-0.15, -0.1) is 0 Å². The number of hydrogen-bond donors (Lipinski definition) is 1. The maximum atomic E-state index is 4.41. The molecule has 2 aromatic rings. The van der Waals surface area contributed by atoms with Crippen LogP contribution in [0, 0.1) is 0 Å². The highest BCUT2D eigenvalue weighted by molar-refractivity contribution is 5.16. The maximum Gasteiger partial charge on any atom is 0.132 e. The van der Waals surface area contributed by atoms with Crippen LogP contribution in [0.25, 0.3) is 0 Å². The third kappa shape index (κ3) is 1.86. The quantitative estimate of drug-likeness (QED) is 0.832. The molecular weight excluding hydrogens is 202 g/mol. The fraction of sp³-hybridized carbons (Fsp3) is 0.455. The average Bonchev–Trinajstić information content (AvgIpc) is 2.89. The molecule has 0 spiro atoms. The second kappa shape index (κ2) is 4.49. The van der Waals surface area contributed by atoms with Gasteiger partial charge in [-0.05, 0) is 20.0 Å². The fourth-order valence-electron chi connectivity index (χ4n) is 1.84. The zero-order valence-electron chi connectivity index (χ0n) is 9.88. The van der Waals surface area contributed by atoms with Crippen LogP contribution in [-0.2, 0) is 13.6 Å². The monoisotopic (exact) mass is 219 g/mol. The molecule has 0 aliphatic rings. The van der Waals surface area contributed by atoms with Crippen LogP contribution in [0.2, 0.25) is 0 Å². The molecule has 0 amide bonds. The second-order valence-corrected chi connectivity index (χ2v) is 3.71. The first-order chi connectivity index (χ1) is 7.76. The van der Waals surface area contributed by atoms with Gasteiger partial charge in [0.25, 0.3) is 0 Å². The summed E-state index contributed by atoms with van der Waals surface area (Å²) in [5.41, 5.74) is 0.992. The Morgan fingerprint density at radius 3 is 2.81 bits per heavy atom. The molecule has 0 fully saturated rings. The normalized spacial score (nSPS) is 12.9. The zero-order chi connectivity index (χ0) is 11.5. The van der Waals surface area contributed by atoms with Crippen molar-refractivity contribution in [2.24, 2.45) is 7.05 Å². The summed E-state index contributed by atoms with van der Waals surface area (Å²) >= 11 is 0. The largest absolute Gasteiger partial charge is 0.334 e.